The van der Waals surface area contributed by atoms with E-state index in [4.69, 9.17) is 15.9 Å². The van der Waals surface area contributed by atoms with Gasteiger partial charge in [-0.15, -0.1) is 0 Å². The largest absolute Gasteiger partial charge is 0.480 e. The maximum atomic E-state index is 10.8. The van der Waals surface area contributed by atoms with Crippen molar-refractivity contribution in [2.75, 3.05) is 6.54 Å². The number of hydrogen-bond donors (Lipinski definition) is 3. The number of likely N-dealkylation sites (tertiary alicyclic amines) is 1. The van der Waals surface area contributed by atoms with E-state index in [0.29, 0.717) is 0 Å². The third kappa shape index (κ3) is 1.44. The first-order valence-corrected chi connectivity index (χ1v) is 3.87. The average Bonchev–Trinajstić information content (AvgIpc) is 2.27. The Bertz CT molecular complexity index is 255. The maximum Gasteiger partial charge on any atom is 0.408 e. The topological polar surface area (TPSA) is 104 Å². The molecule has 13 heavy (non-hydrogen) atoms. The zero-order valence-corrected chi connectivity index (χ0v) is 7.23. The standard InChI is InChI=1S/C7H12N2O4/c1-7(5(10)11)2-4(8)3-9(7)6(12)13/h4H,2-3,8H2,1H3,(H,10,11)(H,12,13)/t4-,7+/m1/s1. The number of hydrogen-bond acceptors (Lipinski definition) is 3. The lowest BCUT2D eigenvalue weighted by Gasteiger charge is -2.27. The van der Waals surface area contributed by atoms with Gasteiger partial charge in [-0.2, -0.15) is 0 Å². The maximum absolute atomic E-state index is 10.8. The van der Waals surface area contributed by atoms with E-state index in [1.165, 1.54) is 6.92 Å². The van der Waals surface area contributed by atoms with Crippen molar-refractivity contribution >= 4 is 12.1 Å². The minimum absolute atomic E-state index is 0.0815. The highest BCUT2D eigenvalue weighted by atomic mass is 16.4. The summed E-state index contributed by atoms with van der Waals surface area (Å²) >= 11 is 0. The molecule has 1 fully saturated rings. The quantitative estimate of drug-likeness (QED) is 0.516. The van der Waals surface area contributed by atoms with Crippen molar-refractivity contribution in [2.45, 2.75) is 24.9 Å². The summed E-state index contributed by atoms with van der Waals surface area (Å²) in [4.78, 5) is 22.4. The van der Waals surface area contributed by atoms with Gasteiger partial charge in [0.25, 0.3) is 0 Å². The molecule has 4 N–H and O–H groups in total. The van der Waals surface area contributed by atoms with Crippen molar-refractivity contribution in [2.24, 2.45) is 5.73 Å². The molecule has 1 saturated heterocycles. The molecule has 0 spiro atoms. The predicted octanol–water partition coefficient (Wildman–Crippen LogP) is -0.459. The average molecular weight is 188 g/mol. The number of carboxylic acid groups (broad SMARTS) is 2. The fraction of sp³-hybridized carbons (Fsp3) is 0.714. The Kier molecular flexibility index (Phi) is 2.17. The van der Waals surface area contributed by atoms with Gasteiger partial charge in [0, 0.05) is 12.6 Å². The number of nitrogens with zero attached hydrogens (tertiary/aromatic N) is 1. The lowest BCUT2D eigenvalue weighted by Crippen LogP contribution is -2.50. The molecule has 1 amide bonds. The third-order valence-corrected chi connectivity index (χ3v) is 2.36. The lowest BCUT2D eigenvalue weighted by molar-refractivity contribution is -0.147. The summed E-state index contributed by atoms with van der Waals surface area (Å²) in [6.07, 6.45) is -1.08. The van der Waals surface area contributed by atoms with Gasteiger partial charge in [-0.3, -0.25) is 4.90 Å². The summed E-state index contributed by atoms with van der Waals surface area (Å²) in [5.41, 5.74) is 4.14. The normalized spacial score (nSPS) is 33.4. The number of nitrogens with two attached hydrogens (primary N) is 1. The van der Waals surface area contributed by atoms with Gasteiger partial charge in [0.05, 0.1) is 0 Å². The Labute approximate surface area is 74.9 Å². The number of amides is 1. The molecule has 2 atom stereocenters. The van der Waals surface area contributed by atoms with Crippen LogP contribution in [0.5, 0.6) is 0 Å². The van der Waals surface area contributed by atoms with E-state index in [9.17, 15) is 9.59 Å². The summed E-state index contributed by atoms with van der Waals surface area (Å²) in [7, 11) is 0. The molecule has 1 heterocycles. The molecule has 0 bridgehead atoms. The van der Waals surface area contributed by atoms with E-state index in [2.05, 4.69) is 0 Å². The van der Waals surface area contributed by atoms with Gasteiger partial charge >= 0.3 is 12.1 Å². The monoisotopic (exact) mass is 188 g/mol. The molecule has 1 rings (SSSR count). The van der Waals surface area contributed by atoms with Crippen LogP contribution in [-0.4, -0.2) is 45.3 Å². The Morgan fingerprint density at radius 1 is 1.54 bits per heavy atom. The van der Waals surface area contributed by atoms with Gasteiger partial charge in [0.2, 0.25) is 0 Å². The zero-order valence-electron chi connectivity index (χ0n) is 7.23. The van der Waals surface area contributed by atoms with Crippen molar-refractivity contribution in [3.63, 3.8) is 0 Å². The molecule has 0 aromatic carbocycles. The van der Waals surface area contributed by atoms with Crippen LogP contribution in [0.15, 0.2) is 0 Å². The summed E-state index contributed by atoms with van der Waals surface area (Å²) in [5.74, 6) is -1.15. The fourth-order valence-electron chi connectivity index (χ4n) is 1.61. The van der Waals surface area contributed by atoms with Crippen molar-refractivity contribution in [1.82, 2.24) is 4.90 Å². The molecule has 0 aliphatic carbocycles. The van der Waals surface area contributed by atoms with E-state index in [-0.39, 0.29) is 13.0 Å². The van der Waals surface area contributed by atoms with Gasteiger partial charge < -0.3 is 15.9 Å². The van der Waals surface area contributed by atoms with Crippen LogP contribution in [-0.2, 0) is 4.79 Å². The summed E-state index contributed by atoms with van der Waals surface area (Å²) < 4.78 is 0. The number of carbonyl (C=O) groups is 2. The summed E-state index contributed by atoms with van der Waals surface area (Å²) in [5, 5.41) is 17.6. The molecular weight excluding hydrogens is 176 g/mol. The van der Waals surface area contributed by atoms with E-state index < -0.39 is 23.6 Å². The smallest absolute Gasteiger partial charge is 0.408 e. The number of rotatable bonds is 1. The van der Waals surface area contributed by atoms with Crippen LogP contribution in [0.3, 0.4) is 0 Å². The molecule has 74 valence electrons. The van der Waals surface area contributed by atoms with Gasteiger partial charge in [-0.1, -0.05) is 0 Å². The number of aliphatic carboxylic acids is 1. The molecule has 0 aromatic rings. The first-order valence-electron chi connectivity index (χ1n) is 3.87. The van der Waals surface area contributed by atoms with E-state index in [1.54, 1.807) is 0 Å². The van der Waals surface area contributed by atoms with E-state index in [1.807, 2.05) is 0 Å². The molecule has 0 unspecified atom stereocenters. The van der Waals surface area contributed by atoms with Crippen LogP contribution in [0.2, 0.25) is 0 Å². The summed E-state index contributed by atoms with van der Waals surface area (Å²) in [6.45, 7) is 1.45. The van der Waals surface area contributed by atoms with Gasteiger partial charge in [0.1, 0.15) is 5.54 Å². The van der Waals surface area contributed by atoms with Crippen LogP contribution >= 0.6 is 0 Å². The first-order chi connectivity index (χ1) is 5.88. The third-order valence-electron chi connectivity index (χ3n) is 2.36. The van der Waals surface area contributed by atoms with Crippen LogP contribution in [0.25, 0.3) is 0 Å². The van der Waals surface area contributed by atoms with Crippen LogP contribution in [0.1, 0.15) is 13.3 Å². The Morgan fingerprint density at radius 2 is 2.08 bits per heavy atom. The predicted molar refractivity (Wildman–Crippen MR) is 43.4 cm³/mol. The molecular formula is C7H12N2O4. The van der Waals surface area contributed by atoms with Gasteiger partial charge in [-0.25, -0.2) is 9.59 Å². The highest BCUT2D eigenvalue weighted by molar-refractivity contribution is 5.84. The van der Waals surface area contributed by atoms with Crippen molar-refractivity contribution in [3.8, 4) is 0 Å². The van der Waals surface area contributed by atoms with Gasteiger partial charge in [-0.05, 0) is 13.3 Å². The van der Waals surface area contributed by atoms with E-state index in [0.717, 1.165) is 4.90 Å². The SMILES string of the molecule is C[C@@]1(C(=O)O)C[C@@H](N)CN1C(=O)O. The minimum Gasteiger partial charge on any atom is -0.480 e. The Hall–Kier alpha value is -1.30. The molecule has 0 saturated carbocycles. The second kappa shape index (κ2) is 2.88. The Balaban J connectivity index is 2.95. The molecule has 1 aliphatic rings. The van der Waals surface area contributed by atoms with Crippen molar-refractivity contribution in [1.29, 1.82) is 0 Å². The highest BCUT2D eigenvalue weighted by Gasteiger charge is 2.49. The lowest BCUT2D eigenvalue weighted by atomic mass is 9.98. The van der Waals surface area contributed by atoms with Crippen molar-refractivity contribution < 1.29 is 19.8 Å². The second-order valence-corrected chi connectivity index (χ2v) is 3.44. The molecule has 0 aromatic heterocycles. The zero-order chi connectivity index (χ0) is 10.2. The number of carboxylic acids is 1. The summed E-state index contributed by atoms with van der Waals surface area (Å²) in [6, 6.07) is -0.391. The Morgan fingerprint density at radius 3 is 2.38 bits per heavy atom. The highest BCUT2D eigenvalue weighted by Crippen LogP contribution is 2.28. The first kappa shape index (κ1) is 9.79. The molecule has 6 nitrogen and oxygen atoms in total. The van der Waals surface area contributed by atoms with Gasteiger partial charge in [0.15, 0.2) is 0 Å². The van der Waals surface area contributed by atoms with Crippen molar-refractivity contribution in [3.05, 3.63) is 0 Å². The minimum atomic E-state index is -1.37. The van der Waals surface area contributed by atoms with Crippen LogP contribution in [0, 0.1) is 0 Å². The molecule has 6 heteroatoms. The molecule has 0 radical (unpaired) electrons. The molecule has 1 aliphatic heterocycles. The second-order valence-electron chi connectivity index (χ2n) is 3.44. The van der Waals surface area contributed by atoms with Crippen LogP contribution in [0.4, 0.5) is 4.79 Å². The fourth-order valence-corrected chi connectivity index (χ4v) is 1.61. The van der Waals surface area contributed by atoms with E-state index >= 15 is 0 Å². The van der Waals surface area contributed by atoms with Crippen LogP contribution < -0.4 is 5.73 Å².